The van der Waals surface area contributed by atoms with E-state index in [1.807, 2.05) is 9.47 Å². The zero-order chi connectivity index (χ0) is 17.5. The first-order valence-electron chi connectivity index (χ1n) is 10.3. The van der Waals surface area contributed by atoms with Crippen LogP contribution in [0.3, 0.4) is 0 Å². The highest BCUT2D eigenvalue weighted by Gasteiger charge is 2.35. The van der Waals surface area contributed by atoms with E-state index in [0.717, 1.165) is 12.8 Å². The van der Waals surface area contributed by atoms with Gasteiger partial charge in [0.2, 0.25) is 0 Å². The summed E-state index contributed by atoms with van der Waals surface area (Å²) < 4.78 is 10.1. The van der Waals surface area contributed by atoms with Crippen molar-refractivity contribution >= 4 is 15.4 Å². The second-order valence-corrected chi connectivity index (χ2v) is 7.48. The average molecular weight is 359 g/mol. The summed E-state index contributed by atoms with van der Waals surface area (Å²) in [5, 5.41) is 0. The van der Waals surface area contributed by atoms with Gasteiger partial charge in [-0.2, -0.15) is 0 Å². The Hall–Kier alpha value is -0.140. The molecule has 24 heavy (non-hydrogen) atoms. The largest absolute Gasteiger partial charge is 0.452 e. The number of carbonyl (C=O) groups excluding carboxylic acids is 1. The fraction of sp³-hybridized carbons (Fsp3) is 0.950. The second kappa shape index (κ2) is 15.1. The van der Waals surface area contributed by atoms with Gasteiger partial charge in [-0.25, -0.2) is 0 Å². The third-order valence-corrected chi connectivity index (χ3v) is 5.35. The minimum atomic E-state index is -0.106. The van der Waals surface area contributed by atoms with Crippen molar-refractivity contribution in [2.45, 2.75) is 122 Å². The molecule has 1 fully saturated rings. The molecule has 1 heterocycles. The molecule has 0 N–H and O–H groups in total. The van der Waals surface area contributed by atoms with Crippen molar-refractivity contribution in [3.05, 3.63) is 0 Å². The molecule has 3 nitrogen and oxygen atoms in total. The summed E-state index contributed by atoms with van der Waals surface area (Å²) in [4.78, 5) is 10.9. The summed E-state index contributed by atoms with van der Waals surface area (Å²) >= 11 is 0. The quantitative estimate of drug-likeness (QED) is 0.173. The summed E-state index contributed by atoms with van der Waals surface area (Å²) in [7, 11) is 2.02. The maximum atomic E-state index is 10.9. The van der Waals surface area contributed by atoms with Crippen LogP contribution in [0.25, 0.3) is 0 Å². The predicted octanol–water partition coefficient (Wildman–Crippen LogP) is 6.35. The smallest absolute Gasteiger partial charge is 0.307 e. The minimum Gasteiger partial charge on any atom is -0.452 e. The van der Waals surface area contributed by atoms with Gasteiger partial charge in [0.25, 0.3) is 0 Å². The first-order valence-corrected chi connectivity index (χ1v) is 10.8. The minimum absolute atomic E-state index is 0.106. The van der Waals surface area contributed by atoms with Gasteiger partial charge in [0, 0.05) is 6.42 Å². The van der Waals surface area contributed by atoms with Crippen molar-refractivity contribution in [3.8, 4) is 0 Å². The van der Waals surface area contributed by atoms with Crippen LogP contribution in [0.4, 0.5) is 0 Å². The molecule has 1 aliphatic heterocycles. The molecule has 0 aromatic heterocycles. The standard InChI is InChI=1S/C20H39O3P/c1-2-18-19(22-18)16-14-12-10-8-6-4-3-5-7-9-11-13-15-17-20(21)23-24/h18-19H,2-17,24H2,1H3/t18-,19+/m1/s1. The molecule has 0 aromatic carbocycles. The molecule has 0 saturated carbocycles. The zero-order valence-electron chi connectivity index (χ0n) is 15.8. The molecule has 0 radical (unpaired) electrons. The van der Waals surface area contributed by atoms with Crippen LogP contribution in [0.15, 0.2) is 0 Å². The Kier molecular flexibility index (Phi) is 13.8. The normalized spacial score (nSPS) is 19.4. The lowest BCUT2D eigenvalue weighted by molar-refractivity contribution is -0.133. The highest BCUT2D eigenvalue weighted by molar-refractivity contribution is 7.10. The fourth-order valence-corrected chi connectivity index (χ4v) is 3.53. The van der Waals surface area contributed by atoms with Crippen LogP contribution in [0.2, 0.25) is 0 Å². The molecular weight excluding hydrogens is 319 g/mol. The van der Waals surface area contributed by atoms with Gasteiger partial charge >= 0.3 is 5.97 Å². The molecule has 0 spiro atoms. The van der Waals surface area contributed by atoms with Crippen molar-refractivity contribution in [3.63, 3.8) is 0 Å². The molecule has 1 aliphatic rings. The van der Waals surface area contributed by atoms with E-state index in [0.29, 0.717) is 18.6 Å². The van der Waals surface area contributed by atoms with Crippen LogP contribution in [-0.2, 0) is 14.1 Å². The molecule has 0 amide bonds. The third kappa shape index (κ3) is 12.3. The Labute approximate surface area is 151 Å². The van der Waals surface area contributed by atoms with Crippen LogP contribution < -0.4 is 0 Å². The summed E-state index contributed by atoms with van der Waals surface area (Å²) in [5.41, 5.74) is 0. The first kappa shape index (κ1) is 21.9. The monoisotopic (exact) mass is 358 g/mol. The zero-order valence-corrected chi connectivity index (χ0v) is 16.9. The summed E-state index contributed by atoms with van der Waals surface area (Å²) in [6.07, 6.45) is 21.5. The van der Waals surface area contributed by atoms with E-state index >= 15 is 0 Å². The van der Waals surface area contributed by atoms with E-state index in [1.165, 1.54) is 83.5 Å². The Bertz CT molecular complexity index is 309. The van der Waals surface area contributed by atoms with Crippen molar-refractivity contribution in [1.82, 2.24) is 0 Å². The molecule has 1 unspecified atom stereocenters. The van der Waals surface area contributed by atoms with Gasteiger partial charge in [-0.15, -0.1) is 0 Å². The van der Waals surface area contributed by atoms with E-state index in [4.69, 9.17) is 4.74 Å². The van der Waals surface area contributed by atoms with Gasteiger partial charge < -0.3 is 9.26 Å². The molecule has 142 valence electrons. The first-order chi connectivity index (χ1) is 11.8. The molecule has 4 heteroatoms. The Balaban J connectivity index is 1.66. The Morgan fingerprint density at radius 3 is 1.67 bits per heavy atom. The number of ether oxygens (including phenoxy) is 1. The average Bonchev–Trinajstić information content (AvgIpc) is 3.36. The molecule has 0 aliphatic carbocycles. The Morgan fingerprint density at radius 2 is 1.25 bits per heavy atom. The van der Waals surface area contributed by atoms with Gasteiger partial charge in [0.05, 0.1) is 21.7 Å². The lowest BCUT2D eigenvalue weighted by Gasteiger charge is -2.03. The summed E-state index contributed by atoms with van der Waals surface area (Å²) in [5.74, 6) is -0.106. The van der Waals surface area contributed by atoms with Gasteiger partial charge in [-0.05, 0) is 19.3 Å². The molecular formula is C20H39O3P. The van der Waals surface area contributed by atoms with Crippen LogP contribution in [0, 0.1) is 0 Å². The summed E-state index contributed by atoms with van der Waals surface area (Å²) in [6, 6.07) is 0. The van der Waals surface area contributed by atoms with Crippen molar-refractivity contribution < 1.29 is 14.1 Å². The fourth-order valence-electron chi connectivity index (χ4n) is 3.41. The van der Waals surface area contributed by atoms with Gasteiger partial charge in [0.15, 0.2) is 0 Å². The lowest BCUT2D eigenvalue weighted by atomic mass is 10.0. The van der Waals surface area contributed by atoms with Crippen LogP contribution in [0.5, 0.6) is 0 Å². The maximum Gasteiger partial charge on any atom is 0.307 e. The number of carbonyl (C=O) groups is 1. The maximum absolute atomic E-state index is 10.9. The van der Waals surface area contributed by atoms with Crippen molar-refractivity contribution in [2.75, 3.05) is 0 Å². The van der Waals surface area contributed by atoms with Gasteiger partial charge in [-0.3, -0.25) is 4.79 Å². The number of hydrogen-bond donors (Lipinski definition) is 0. The lowest BCUT2D eigenvalue weighted by Crippen LogP contribution is -1.95. The van der Waals surface area contributed by atoms with Crippen LogP contribution in [0.1, 0.15) is 110 Å². The SMILES string of the molecule is CC[C@H]1O[C@H]1CCCCCCCCCCCCCCCC(=O)OP. The number of unbranched alkanes of at least 4 members (excludes halogenated alkanes) is 12. The van der Waals surface area contributed by atoms with Crippen LogP contribution in [-0.4, -0.2) is 18.2 Å². The molecule has 0 bridgehead atoms. The van der Waals surface area contributed by atoms with Gasteiger partial charge in [0.1, 0.15) is 0 Å². The number of epoxide rings is 1. The van der Waals surface area contributed by atoms with Crippen molar-refractivity contribution in [2.24, 2.45) is 0 Å². The highest BCUT2D eigenvalue weighted by atomic mass is 31.0. The molecule has 3 atom stereocenters. The Morgan fingerprint density at radius 1 is 0.792 bits per heavy atom. The molecule has 1 saturated heterocycles. The summed E-state index contributed by atoms with van der Waals surface area (Å²) in [6.45, 7) is 2.22. The second-order valence-electron chi connectivity index (χ2n) is 7.25. The van der Waals surface area contributed by atoms with E-state index < -0.39 is 0 Å². The van der Waals surface area contributed by atoms with E-state index in [9.17, 15) is 4.79 Å². The van der Waals surface area contributed by atoms with Gasteiger partial charge in [-0.1, -0.05) is 84.0 Å². The third-order valence-electron chi connectivity index (χ3n) is 5.09. The predicted molar refractivity (Wildman–Crippen MR) is 104 cm³/mol. The number of hydrogen-bond acceptors (Lipinski definition) is 3. The van der Waals surface area contributed by atoms with Crippen molar-refractivity contribution in [1.29, 1.82) is 0 Å². The topological polar surface area (TPSA) is 38.8 Å². The van der Waals surface area contributed by atoms with E-state index in [-0.39, 0.29) is 5.97 Å². The highest BCUT2D eigenvalue weighted by Crippen LogP contribution is 2.29. The molecule has 0 aromatic rings. The van der Waals surface area contributed by atoms with E-state index in [2.05, 4.69) is 11.4 Å². The van der Waals surface area contributed by atoms with E-state index in [1.54, 1.807) is 0 Å². The number of rotatable bonds is 17. The molecule has 1 rings (SSSR count). The van der Waals surface area contributed by atoms with Crippen LogP contribution >= 0.6 is 9.47 Å².